The summed E-state index contributed by atoms with van der Waals surface area (Å²) in [5, 5.41) is 6.86. The van der Waals surface area contributed by atoms with Gasteiger partial charge in [-0.15, -0.1) is 12.4 Å². The van der Waals surface area contributed by atoms with Gasteiger partial charge in [0.2, 0.25) is 5.91 Å². The van der Waals surface area contributed by atoms with Gasteiger partial charge in [-0.3, -0.25) is 4.79 Å². The van der Waals surface area contributed by atoms with Gasteiger partial charge in [0, 0.05) is 19.4 Å². The van der Waals surface area contributed by atoms with E-state index in [9.17, 15) is 4.79 Å². The molecule has 0 bridgehead atoms. The van der Waals surface area contributed by atoms with Crippen molar-refractivity contribution in [2.45, 2.75) is 38.6 Å². The SMILES string of the molecule is Cl.O=C(CCC1CCNCC1)NCc1cc(Cl)c2c(c1)OCCCO2. The predicted octanol–water partition coefficient (Wildman–Crippen LogP) is 3.32. The summed E-state index contributed by atoms with van der Waals surface area (Å²) in [6.07, 6.45) is 4.74. The number of hydrogen-bond acceptors (Lipinski definition) is 4. The van der Waals surface area contributed by atoms with Gasteiger partial charge in [0.15, 0.2) is 11.5 Å². The third kappa shape index (κ3) is 5.94. The number of benzene rings is 1. The van der Waals surface area contributed by atoms with Gasteiger partial charge < -0.3 is 20.1 Å². The second-order valence-corrected chi connectivity index (χ2v) is 6.87. The second-order valence-electron chi connectivity index (χ2n) is 6.46. The number of hydrogen-bond donors (Lipinski definition) is 2. The van der Waals surface area contributed by atoms with E-state index in [2.05, 4.69) is 10.6 Å². The lowest BCUT2D eigenvalue weighted by molar-refractivity contribution is -0.121. The number of ether oxygens (including phenoxy) is 2. The van der Waals surface area contributed by atoms with Gasteiger partial charge in [0.25, 0.3) is 0 Å². The number of rotatable bonds is 5. The summed E-state index contributed by atoms with van der Waals surface area (Å²) in [7, 11) is 0. The lowest BCUT2D eigenvalue weighted by Gasteiger charge is -2.22. The zero-order chi connectivity index (χ0) is 16.8. The molecule has 1 aromatic carbocycles. The monoisotopic (exact) mass is 388 g/mol. The number of fused-ring (bicyclic) bond motifs is 1. The highest BCUT2D eigenvalue weighted by Gasteiger charge is 2.17. The van der Waals surface area contributed by atoms with Crippen LogP contribution in [0.15, 0.2) is 12.1 Å². The van der Waals surface area contributed by atoms with Crippen LogP contribution in [0, 0.1) is 5.92 Å². The molecule has 1 amide bonds. The van der Waals surface area contributed by atoms with Gasteiger partial charge in [0.05, 0.1) is 18.2 Å². The Morgan fingerprint density at radius 1 is 1.24 bits per heavy atom. The van der Waals surface area contributed by atoms with E-state index < -0.39 is 0 Å². The van der Waals surface area contributed by atoms with Crippen LogP contribution in [-0.2, 0) is 11.3 Å². The van der Waals surface area contributed by atoms with E-state index in [4.69, 9.17) is 21.1 Å². The fourth-order valence-electron chi connectivity index (χ4n) is 3.18. The first-order chi connectivity index (χ1) is 11.7. The van der Waals surface area contributed by atoms with Crippen LogP contribution in [0.1, 0.15) is 37.7 Å². The Morgan fingerprint density at radius 2 is 2.00 bits per heavy atom. The van der Waals surface area contributed by atoms with Crippen LogP contribution >= 0.6 is 24.0 Å². The molecule has 5 nitrogen and oxygen atoms in total. The minimum absolute atomic E-state index is 0. The van der Waals surface area contributed by atoms with Crippen molar-refractivity contribution in [2.24, 2.45) is 5.92 Å². The second kappa shape index (κ2) is 10.1. The molecule has 2 aliphatic rings. The van der Waals surface area contributed by atoms with Crippen molar-refractivity contribution >= 4 is 29.9 Å². The van der Waals surface area contributed by atoms with Crippen molar-refractivity contribution in [1.82, 2.24) is 10.6 Å². The molecule has 1 fully saturated rings. The molecule has 7 heteroatoms. The zero-order valence-corrected chi connectivity index (χ0v) is 15.9. The summed E-state index contributed by atoms with van der Waals surface area (Å²) < 4.78 is 11.3. The van der Waals surface area contributed by atoms with E-state index in [0.717, 1.165) is 31.5 Å². The standard InChI is InChI=1S/C18H25ClN2O3.ClH/c19-15-10-14(11-16-18(15)24-9-1-8-23-16)12-21-17(22)3-2-13-4-6-20-7-5-13;/h10-11,13,20H,1-9,12H2,(H,21,22);1H. The summed E-state index contributed by atoms with van der Waals surface area (Å²) >= 11 is 6.27. The van der Waals surface area contributed by atoms with Gasteiger partial charge in [-0.05, 0) is 56.0 Å². The lowest BCUT2D eigenvalue weighted by atomic mass is 9.93. The molecular weight excluding hydrogens is 363 g/mol. The van der Waals surface area contributed by atoms with Crippen molar-refractivity contribution in [3.63, 3.8) is 0 Å². The van der Waals surface area contributed by atoms with Gasteiger partial charge >= 0.3 is 0 Å². The highest BCUT2D eigenvalue weighted by atomic mass is 35.5. The highest BCUT2D eigenvalue weighted by molar-refractivity contribution is 6.32. The van der Waals surface area contributed by atoms with Crippen molar-refractivity contribution in [1.29, 1.82) is 0 Å². The molecule has 0 aromatic heterocycles. The fraction of sp³-hybridized carbons (Fsp3) is 0.611. The van der Waals surface area contributed by atoms with Crippen molar-refractivity contribution in [2.75, 3.05) is 26.3 Å². The number of piperidine rings is 1. The quantitative estimate of drug-likeness (QED) is 0.811. The van der Waals surface area contributed by atoms with Crippen molar-refractivity contribution < 1.29 is 14.3 Å². The molecule has 2 N–H and O–H groups in total. The Bertz CT molecular complexity index is 578. The normalized spacial score (nSPS) is 17.3. The van der Waals surface area contributed by atoms with Gasteiger partial charge in [-0.25, -0.2) is 0 Å². The largest absolute Gasteiger partial charge is 0.489 e. The molecule has 0 aliphatic carbocycles. The van der Waals surface area contributed by atoms with Crippen LogP contribution in [0.25, 0.3) is 0 Å². The summed E-state index contributed by atoms with van der Waals surface area (Å²) in [5.74, 6) is 2.04. The van der Waals surface area contributed by atoms with Gasteiger partial charge in [-0.2, -0.15) is 0 Å². The van der Waals surface area contributed by atoms with Crippen LogP contribution in [-0.4, -0.2) is 32.2 Å². The Hall–Kier alpha value is -1.17. The van der Waals surface area contributed by atoms with E-state index in [0.29, 0.717) is 48.6 Å². The summed E-state index contributed by atoms with van der Waals surface area (Å²) in [6, 6.07) is 3.74. The molecular formula is C18H26Cl2N2O3. The molecule has 2 aliphatic heterocycles. The van der Waals surface area contributed by atoms with Gasteiger partial charge in [0.1, 0.15) is 0 Å². The fourth-order valence-corrected chi connectivity index (χ4v) is 3.47. The smallest absolute Gasteiger partial charge is 0.220 e. The molecule has 140 valence electrons. The van der Waals surface area contributed by atoms with Crippen LogP contribution in [0.4, 0.5) is 0 Å². The molecule has 0 saturated carbocycles. The van der Waals surface area contributed by atoms with Crippen molar-refractivity contribution in [3.8, 4) is 11.5 Å². The molecule has 0 spiro atoms. The Kier molecular flexibility index (Phi) is 8.13. The van der Waals surface area contributed by atoms with Crippen LogP contribution in [0.3, 0.4) is 0 Å². The molecule has 0 unspecified atom stereocenters. The first-order valence-electron chi connectivity index (χ1n) is 8.78. The molecule has 3 rings (SSSR count). The van der Waals surface area contributed by atoms with Crippen LogP contribution in [0.2, 0.25) is 5.02 Å². The molecule has 1 saturated heterocycles. The molecule has 25 heavy (non-hydrogen) atoms. The Morgan fingerprint density at radius 3 is 2.80 bits per heavy atom. The van der Waals surface area contributed by atoms with E-state index in [1.54, 1.807) is 0 Å². The molecule has 0 atom stereocenters. The first-order valence-corrected chi connectivity index (χ1v) is 9.15. The topological polar surface area (TPSA) is 59.6 Å². The number of nitrogens with one attached hydrogen (secondary N) is 2. The Labute approximate surface area is 160 Å². The maximum absolute atomic E-state index is 12.1. The number of halogens is 2. The highest BCUT2D eigenvalue weighted by Crippen LogP contribution is 2.37. The molecule has 2 heterocycles. The van der Waals surface area contributed by atoms with Crippen LogP contribution in [0.5, 0.6) is 11.5 Å². The maximum Gasteiger partial charge on any atom is 0.220 e. The molecule has 0 radical (unpaired) electrons. The van der Waals surface area contributed by atoms with E-state index in [1.165, 1.54) is 12.8 Å². The van der Waals surface area contributed by atoms with E-state index >= 15 is 0 Å². The van der Waals surface area contributed by atoms with Crippen LogP contribution < -0.4 is 20.1 Å². The number of carbonyl (C=O) groups is 1. The lowest BCUT2D eigenvalue weighted by Crippen LogP contribution is -2.29. The average Bonchev–Trinajstić information content (AvgIpc) is 2.85. The number of amides is 1. The summed E-state index contributed by atoms with van der Waals surface area (Å²) in [5.41, 5.74) is 0.930. The minimum Gasteiger partial charge on any atom is -0.489 e. The third-order valence-corrected chi connectivity index (χ3v) is 4.87. The predicted molar refractivity (Wildman–Crippen MR) is 101 cm³/mol. The summed E-state index contributed by atoms with van der Waals surface area (Å²) in [6.45, 7) is 3.83. The molecule has 1 aromatic rings. The average molecular weight is 389 g/mol. The minimum atomic E-state index is 0. The third-order valence-electron chi connectivity index (χ3n) is 4.59. The van der Waals surface area contributed by atoms with E-state index in [1.807, 2.05) is 12.1 Å². The van der Waals surface area contributed by atoms with E-state index in [-0.39, 0.29) is 18.3 Å². The Balaban J connectivity index is 0.00000225. The number of carbonyl (C=O) groups excluding carboxylic acids is 1. The first kappa shape index (κ1) is 20.1. The van der Waals surface area contributed by atoms with Gasteiger partial charge in [-0.1, -0.05) is 11.6 Å². The maximum atomic E-state index is 12.1. The summed E-state index contributed by atoms with van der Waals surface area (Å²) in [4.78, 5) is 12.1. The zero-order valence-electron chi connectivity index (χ0n) is 14.3. The van der Waals surface area contributed by atoms with Crippen molar-refractivity contribution in [3.05, 3.63) is 22.7 Å².